The van der Waals surface area contributed by atoms with Crippen molar-refractivity contribution < 1.29 is 0 Å². The lowest BCUT2D eigenvalue weighted by Gasteiger charge is -2.12. The van der Waals surface area contributed by atoms with E-state index in [-0.39, 0.29) is 0 Å². The number of nitrogens with one attached hydrogen (secondary N) is 2. The van der Waals surface area contributed by atoms with Crippen LogP contribution in [0, 0.1) is 6.92 Å². The van der Waals surface area contributed by atoms with Crippen molar-refractivity contribution in [2.24, 2.45) is 0 Å². The first kappa shape index (κ1) is 16.3. The highest BCUT2D eigenvalue weighted by molar-refractivity contribution is 6.33. The molecule has 4 aromatic rings. The van der Waals surface area contributed by atoms with Crippen LogP contribution in [-0.2, 0) is 0 Å². The molecule has 0 spiro atoms. The van der Waals surface area contributed by atoms with Gasteiger partial charge in [-0.25, -0.2) is 9.97 Å². The number of nitrogens with zero attached hydrogens (tertiary/aromatic N) is 3. The molecule has 2 heterocycles. The Hall–Kier alpha value is -3.18. The summed E-state index contributed by atoms with van der Waals surface area (Å²) in [6, 6.07) is 19.3. The fourth-order valence-electron chi connectivity index (χ4n) is 2.74. The van der Waals surface area contributed by atoms with Crippen LogP contribution in [0.1, 0.15) is 5.82 Å². The van der Waals surface area contributed by atoms with Crippen molar-refractivity contribution >= 4 is 45.5 Å². The van der Waals surface area contributed by atoms with Crippen LogP contribution in [0.4, 0.5) is 23.0 Å². The second-order valence-electron chi connectivity index (χ2n) is 5.80. The molecule has 0 fully saturated rings. The number of hydrogen-bond acceptors (Lipinski definition) is 5. The van der Waals surface area contributed by atoms with E-state index in [1.165, 1.54) is 0 Å². The quantitative estimate of drug-likeness (QED) is 0.504. The average molecular weight is 362 g/mol. The molecule has 26 heavy (non-hydrogen) atoms. The van der Waals surface area contributed by atoms with Gasteiger partial charge in [-0.05, 0) is 31.2 Å². The van der Waals surface area contributed by atoms with Gasteiger partial charge in [0.05, 0.1) is 21.9 Å². The van der Waals surface area contributed by atoms with Crippen molar-refractivity contribution in [1.82, 2.24) is 15.0 Å². The van der Waals surface area contributed by atoms with Crippen molar-refractivity contribution in [3.05, 3.63) is 77.7 Å². The zero-order valence-electron chi connectivity index (χ0n) is 14.1. The predicted molar refractivity (Wildman–Crippen MR) is 107 cm³/mol. The largest absolute Gasteiger partial charge is 0.339 e. The summed E-state index contributed by atoms with van der Waals surface area (Å²) in [4.78, 5) is 13.4. The molecule has 2 aromatic heterocycles. The molecule has 0 saturated heterocycles. The molecule has 0 saturated carbocycles. The lowest BCUT2D eigenvalue weighted by atomic mass is 10.2. The van der Waals surface area contributed by atoms with Crippen LogP contribution in [0.3, 0.4) is 0 Å². The van der Waals surface area contributed by atoms with Gasteiger partial charge < -0.3 is 10.6 Å². The SMILES string of the molecule is Cc1nc(Nc2ccccc2Cl)cc(Nc2cccc3cccnc23)n1. The van der Waals surface area contributed by atoms with Crippen LogP contribution in [-0.4, -0.2) is 15.0 Å². The molecule has 0 bridgehead atoms. The molecule has 2 N–H and O–H groups in total. The molecule has 6 heteroatoms. The summed E-state index contributed by atoms with van der Waals surface area (Å²) >= 11 is 6.22. The zero-order valence-corrected chi connectivity index (χ0v) is 14.8. The number of para-hydroxylation sites is 2. The van der Waals surface area contributed by atoms with Crippen molar-refractivity contribution in [3.63, 3.8) is 0 Å². The summed E-state index contributed by atoms with van der Waals surface area (Å²) < 4.78 is 0. The Morgan fingerprint density at radius 2 is 1.50 bits per heavy atom. The first-order valence-electron chi connectivity index (χ1n) is 8.17. The minimum Gasteiger partial charge on any atom is -0.339 e. The number of halogens is 1. The number of rotatable bonds is 4. The normalized spacial score (nSPS) is 10.7. The highest BCUT2D eigenvalue weighted by Crippen LogP contribution is 2.27. The van der Waals surface area contributed by atoms with Gasteiger partial charge in [0.15, 0.2) is 0 Å². The monoisotopic (exact) mass is 361 g/mol. The molecule has 0 aliphatic heterocycles. The number of fused-ring (bicyclic) bond motifs is 1. The van der Waals surface area contributed by atoms with Crippen LogP contribution in [0.2, 0.25) is 5.02 Å². The van der Waals surface area contributed by atoms with Gasteiger partial charge in [0.1, 0.15) is 17.5 Å². The minimum atomic E-state index is 0.636. The first-order valence-corrected chi connectivity index (χ1v) is 8.55. The predicted octanol–water partition coefficient (Wildman–Crippen LogP) is 5.47. The van der Waals surface area contributed by atoms with Gasteiger partial charge in [-0.1, -0.05) is 41.9 Å². The van der Waals surface area contributed by atoms with E-state index in [0.717, 1.165) is 22.3 Å². The Balaban J connectivity index is 1.67. The molecule has 0 aliphatic carbocycles. The van der Waals surface area contributed by atoms with Crippen LogP contribution in [0.15, 0.2) is 66.9 Å². The molecular formula is C20H16ClN5. The smallest absolute Gasteiger partial charge is 0.136 e. The van der Waals surface area contributed by atoms with Crippen LogP contribution in [0.25, 0.3) is 10.9 Å². The standard InChI is InChI=1S/C20H16ClN5/c1-13-23-18(25-16-9-3-2-8-15(16)21)12-19(24-13)26-17-10-4-6-14-7-5-11-22-20(14)17/h2-12H,1H3,(H2,23,24,25,26). The first-order chi connectivity index (χ1) is 12.7. The van der Waals surface area contributed by atoms with E-state index in [1.54, 1.807) is 6.20 Å². The zero-order chi connectivity index (χ0) is 17.9. The number of aromatic nitrogens is 3. The Bertz CT molecular complexity index is 1080. The van der Waals surface area contributed by atoms with Gasteiger partial charge in [0, 0.05) is 17.6 Å². The lowest BCUT2D eigenvalue weighted by Crippen LogP contribution is -2.02. The maximum absolute atomic E-state index is 6.22. The molecular weight excluding hydrogens is 346 g/mol. The maximum atomic E-state index is 6.22. The van der Waals surface area contributed by atoms with Gasteiger partial charge in [0.25, 0.3) is 0 Å². The Morgan fingerprint density at radius 1 is 0.808 bits per heavy atom. The van der Waals surface area contributed by atoms with Crippen molar-refractivity contribution in [1.29, 1.82) is 0 Å². The molecule has 128 valence electrons. The van der Waals surface area contributed by atoms with Crippen molar-refractivity contribution in [3.8, 4) is 0 Å². The van der Waals surface area contributed by atoms with Gasteiger partial charge in [-0.2, -0.15) is 0 Å². The molecule has 5 nitrogen and oxygen atoms in total. The molecule has 0 aliphatic rings. The summed E-state index contributed by atoms with van der Waals surface area (Å²) in [5, 5.41) is 8.28. The topological polar surface area (TPSA) is 62.7 Å². The minimum absolute atomic E-state index is 0.636. The van der Waals surface area contributed by atoms with E-state index in [1.807, 2.05) is 67.6 Å². The van der Waals surface area contributed by atoms with Gasteiger partial charge >= 0.3 is 0 Å². The van der Waals surface area contributed by atoms with E-state index in [2.05, 4.69) is 25.6 Å². The van der Waals surface area contributed by atoms with E-state index in [0.29, 0.717) is 22.5 Å². The average Bonchev–Trinajstić information content (AvgIpc) is 2.64. The fraction of sp³-hybridized carbons (Fsp3) is 0.0500. The third kappa shape index (κ3) is 3.43. The van der Waals surface area contributed by atoms with E-state index < -0.39 is 0 Å². The Labute approximate surface area is 156 Å². The third-order valence-corrected chi connectivity index (χ3v) is 4.20. The summed E-state index contributed by atoms with van der Waals surface area (Å²) in [6.45, 7) is 1.85. The van der Waals surface area contributed by atoms with E-state index >= 15 is 0 Å². The van der Waals surface area contributed by atoms with E-state index in [4.69, 9.17) is 11.6 Å². The second kappa shape index (κ2) is 6.98. The molecule has 0 amide bonds. The van der Waals surface area contributed by atoms with Crippen molar-refractivity contribution in [2.45, 2.75) is 6.92 Å². The molecule has 0 radical (unpaired) electrons. The number of aryl methyl sites for hydroxylation is 1. The highest BCUT2D eigenvalue weighted by Gasteiger charge is 2.07. The van der Waals surface area contributed by atoms with Gasteiger partial charge in [-0.15, -0.1) is 0 Å². The van der Waals surface area contributed by atoms with Crippen molar-refractivity contribution in [2.75, 3.05) is 10.6 Å². The summed E-state index contributed by atoms with van der Waals surface area (Å²) in [6.07, 6.45) is 1.78. The summed E-state index contributed by atoms with van der Waals surface area (Å²) in [5.41, 5.74) is 2.59. The number of anilines is 4. The van der Waals surface area contributed by atoms with E-state index in [9.17, 15) is 0 Å². The Kier molecular flexibility index (Phi) is 4.37. The van der Waals surface area contributed by atoms with Crippen LogP contribution in [0.5, 0.6) is 0 Å². The second-order valence-corrected chi connectivity index (χ2v) is 6.20. The van der Waals surface area contributed by atoms with Gasteiger partial charge in [0.2, 0.25) is 0 Å². The summed E-state index contributed by atoms with van der Waals surface area (Å²) in [5.74, 6) is 2.00. The maximum Gasteiger partial charge on any atom is 0.136 e. The molecule has 2 aromatic carbocycles. The molecule has 0 atom stereocenters. The van der Waals surface area contributed by atoms with Crippen LogP contribution >= 0.6 is 11.6 Å². The van der Waals surface area contributed by atoms with Gasteiger partial charge in [-0.3, -0.25) is 4.98 Å². The molecule has 0 unspecified atom stereocenters. The van der Waals surface area contributed by atoms with Crippen LogP contribution < -0.4 is 10.6 Å². The number of pyridine rings is 1. The summed E-state index contributed by atoms with van der Waals surface area (Å²) in [7, 11) is 0. The molecule has 4 rings (SSSR count). The number of hydrogen-bond donors (Lipinski definition) is 2. The number of benzene rings is 2. The Morgan fingerprint density at radius 3 is 2.31 bits per heavy atom. The fourth-order valence-corrected chi connectivity index (χ4v) is 2.92. The third-order valence-electron chi connectivity index (χ3n) is 3.87. The lowest BCUT2D eigenvalue weighted by molar-refractivity contribution is 1.06. The highest BCUT2D eigenvalue weighted by atomic mass is 35.5.